The number of hydrogen-bond acceptors (Lipinski definition) is 6. The molecule has 10 heteroatoms. The van der Waals surface area contributed by atoms with E-state index in [0.29, 0.717) is 60.0 Å². The Morgan fingerprint density at radius 1 is 0.900 bits per heavy atom. The number of pyridine rings is 2. The number of aromatic nitrogens is 4. The Morgan fingerprint density at radius 3 is 2.35 bits per heavy atom. The lowest BCUT2D eigenvalue weighted by Crippen LogP contribution is -2.42. The third kappa shape index (κ3) is 4.82. The number of carboxylic acid groups (broad SMARTS) is 1. The molecule has 0 unspecified atom stereocenters. The largest absolute Gasteiger partial charge is 0.481 e. The van der Waals surface area contributed by atoms with E-state index in [9.17, 15) is 14.7 Å². The second-order valence-electron chi connectivity index (χ2n) is 9.69. The fourth-order valence-electron chi connectivity index (χ4n) is 4.98. The number of piperidine rings is 1. The molecule has 1 aliphatic rings. The highest BCUT2D eigenvalue weighted by Crippen LogP contribution is 2.32. The van der Waals surface area contributed by atoms with Crippen LogP contribution in [-0.4, -0.2) is 54.6 Å². The second-order valence-corrected chi connectivity index (χ2v) is 9.69. The van der Waals surface area contributed by atoms with Gasteiger partial charge in [-0.25, -0.2) is 19.7 Å². The predicted molar refractivity (Wildman–Crippen MR) is 153 cm³/mol. The minimum Gasteiger partial charge on any atom is -0.481 e. The van der Waals surface area contributed by atoms with Crippen molar-refractivity contribution < 1.29 is 14.7 Å². The normalized spacial score (nSPS) is 13.8. The summed E-state index contributed by atoms with van der Waals surface area (Å²) in [4.78, 5) is 39.8. The average molecular weight is 534 g/mol. The summed E-state index contributed by atoms with van der Waals surface area (Å²) in [5.74, 6) is -0.234. The number of imidazole rings is 1. The molecule has 0 atom stereocenters. The Kier molecular flexibility index (Phi) is 6.57. The first-order valence-corrected chi connectivity index (χ1v) is 13.0. The van der Waals surface area contributed by atoms with Gasteiger partial charge in [0.05, 0.1) is 17.2 Å². The smallest absolute Gasteiger partial charge is 0.321 e. The number of anilines is 2. The van der Waals surface area contributed by atoms with Crippen LogP contribution < -0.4 is 11.1 Å². The lowest BCUT2D eigenvalue weighted by Gasteiger charge is -2.30. The monoisotopic (exact) mass is 533 g/mol. The summed E-state index contributed by atoms with van der Waals surface area (Å²) >= 11 is 0. The van der Waals surface area contributed by atoms with Gasteiger partial charge in [0.25, 0.3) is 0 Å². The molecule has 4 N–H and O–H groups in total. The Labute approximate surface area is 230 Å². The van der Waals surface area contributed by atoms with Crippen LogP contribution in [0.2, 0.25) is 0 Å². The summed E-state index contributed by atoms with van der Waals surface area (Å²) in [6.07, 6.45) is 2.54. The van der Waals surface area contributed by atoms with Gasteiger partial charge in [0.2, 0.25) is 0 Å². The standard InChI is InChI=1S/C30H27N7O3/c31-26-23(7-4-16-32-26)27-35-25-13-12-24(19-5-2-1-3-6-19)34-28(25)37(27)22-10-8-21(9-11-22)33-30(40)36-17-14-20(15-18-36)29(38)39/h1-13,16,20H,14-15,17-18H2,(H2,31,32)(H,33,40)(H,38,39). The summed E-state index contributed by atoms with van der Waals surface area (Å²) in [6.45, 7) is 0.820. The number of fused-ring (bicyclic) bond motifs is 1. The summed E-state index contributed by atoms with van der Waals surface area (Å²) in [5.41, 5.74) is 11.5. The van der Waals surface area contributed by atoms with E-state index in [2.05, 4.69) is 10.3 Å². The van der Waals surface area contributed by atoms with Gasteiger partial charge >= 0.3 is 12.0 Å². The first-order chi connectivity index (χ1) is 19.5. The van der Waals surface area contributed by atoms with Gasteiger partial charge in [0.15, 0.2) is 11.5 Å². The average Bonchev–Trinajstić information content (AvgIpc) is 3.37. The first kappa shape index (κ1) is 25.1. The molecule has 4 heterocycles. The number of likely N-dealkylation sites (tertiary alicyclic amines) is 1. The van der Waals surface area contributed by atoms with Crippen LogP contribution >= 0.6 is 0 Å². The number of carbonyl (C=O) groups is 2. The molecule has 1 aliphatic heterocycles. The van der Waals surface area contributed by atoms with E-state index >= 15 is 0 Å². The number of rotatable bonds is 5. The van der Waals surface area contributed by atoms with E-state index in [1.165, 1.54) is 0 Å². The van der Waals surface area contributed by atoms with Gasteiger partial charge in [-0.2, -0.15) is 0 Å². The summed E-state index contributed by atoms with van der Waals surface area (Å²) in [7, 11) is 0. The van der Waals surface area contributed by atoms with Crippen molar-refractivity contribution >= 4 is 34.7 Å². The van der Waals surface area contributed by atoms with Crippen molar-refractivity contribution in [3.05, 3.63) is 85.1 Å². The van der Waals surface area contributed by atoms with Crippen LogP contribution in [0.25, 0.3) is 39.5 Å². The number of aliphatic carboxylic acids is 1. The van der Waals surface area contributed by atoms with Crippen LogP contribution in [0.3, 0.4) is 0 Å². The molecular formula is C30H27N7O3. The van der Waals surface area contributed by atoms with Crippen molar-refractivity contribution in [2.45, 2.75) is 12.8 Å². The fraction of sp³-hybridized carbons (Fsp3) is 0.167. The summed E-state index contributed by atoms with van der Waals surface area (Å²) in [5, 5.41) is 12.1. The number of nitrogens with two attached hydrogens (primary N) is 1. The minimum atomic E-state index is -0.805. The highest BCUT2D eigenvalue weighted by molar-refractivity contribution is 5.90. The van der Waals surface area contributed by atoms with Crippen molar-refractivity contribution in [3.8, 4) is 28.3 Å². The van der Waals surface area contributed by atoms with E-state index in [4.69, 9.17) is 15.7 Å². The zero-order chi connectivity index (χ0) is 27.6. The maximum atomic E-state index is 12.8. The number of benzene rings is 2. The number of carboxylic acids is 1. The zero-order valence-electron chi connectivity index (χ0n) is 21.6. The highest BCUT2D eigenvalue weighted by atomic mass is 16.4. The molecule has 2 amide bonds. The Morgan fingerprint density at radius 2 is 1.65 bits per heavy atom. The molecule has 10 nitrogen and oxygen atoms in total. The number of urea groups is 1. The molecule has 2 aromatic carbocycles. The zero-order valence-corrected chi connectivity index (χ0v) is 21.6. The van der Waals surface area contributed by atoms with E-state index in [0.717, 1.165) is 16.9 Å². The number of nitrogens with one attached hydrogen (secondary N) is 1. The quantitative estimate of drug-likeness (QED) is 0.287. The van der Waals surface area contributed by atoms with Gasteiger partial charge in [-0.1, -0.05) is 30.3 Å². The molecule has 200 valence electrons. The van der Waals surface area contributed by atoms with Crippen molar-refractivity contribution in [1.82, 2.24) is 24.4 Å². The Hall–Kier alpha value is -5.25. The molecule has 5 aromatic rings. The van der Waals surface area contributed by atoms with Crippen molar-refractivity contribution in [3.63, 3.8) is 0 Å². The molecule has 40 heavy (non-hydrogen) atoms. The SMILES string of the molecule is Nc1ncccc1-c1nc2ccc(-c3ccccc3)nc2n1-c1ccc(NC(=O)N2CCC(C(=O)O)CC2)cc1. The molecular weight excluding hydrogens is 506 g/mol. The lowest BCUT2D eigenvalue weighted by atomic mass is 9.97. The van der Waals surface area contributed by atoms with E-state index in [1.54, 1.807) is 11.1 Å². The number of nitrogen functional groups attached to an aromatic ring is 1. The number of nitrogens with zero attached hydrogens (tertiary/aromatic N) is 5. The number of amides is 2. The summed E-state index contributed by atoms with van der Waals surface area (Å²) in [6, 6.07) is 24.7. The predicted octanol–water partition coefficient (Wildman–Crippen LogP) is 5.06. The number of carbonyl (C=O) groups excluding carboxylic acids is 1. The lowest BCUT2D eigenvalue weighted by molar-refractivity contribution is -0.143. The third-order valence-corrected chi connectivity index (χ3v) is 7.16. The van der Waals surface area contributed by atoms with Crippen molar-refractivity contribution in [1.29, 1.82) is 0 Å². The van der Waals surface area contributed by atoms with Crippen molar-refractivity contribution in [2.75, 3.05) is 24.1 Å². The molecule has 6 rings (SSSR count). The highest BCUT2D eigenvalue weighted by Gasteiger charge is 2.27. The molecule has 0 bridgehead atoms. The second kappa shape index (κ2) is 10.5. The molecule has 0 saturated carbocycles. The Bertz CT molecular complexity index is 1690. The van der Waals surface area contributed by atoms with Crippen LogP contribution in [-0.2, 0) is 4.79 Å². The first-order valence-electron chi connectivity index (χ1n) is 13.0. The minimum absolute atomic E-state index is 0.248. The molecule has 0 aliphatic carbocycles. The van der Waals surface area contributed by atoms with Gasteiger partial charge in [-0.05, 0) is 61.4 Å². The van der Waals surface area contributed by atoms with Gasteiger partial charge in [-0.3, -0.25) is 9.36 Å². The molecule has 1 saturated heterocycles. The molecule has 0 spiro atoms. The van der Waals surface area contributed by atoms with E-state index in [1.807, 2.05) is 83.4 Å². The number of hydrogen-bond donors (Lipinski definition) is 3. The van der Waals surface area contributed by atoms with E-state index < -0.39 is 11.9 Å². The molecule has 1 fully saturated rings. The van der Waals surface area contributed by atoms with Crippen molar-refractivity contribution in [2.24, 2.45) is 5.92 Å². The van der Waals surface area contributed by atoms with Crippen LogP contribution in [0.15, 0.2) is 85.1 Å². The molecule has 0 radical (unpaired) electrons. The summed E-state index contributed by atoms with van der Waals surface area (Å²) < 4.78 is 1.94. The van der Waals surface area contributed by atoms with Crippen LogP contribution in [0, 0.1) is 5.92 Å². The topological polar surface area (TPSA) is 139 Å². The molecule has 3 aromatic heterocycles. The van der Waals surface area contributed by atoms with Gasteiger partial charge in [-0.15, -0.1) is 0 Å². The Balaban J connectivity index is 1.34. The van der Waals surface area contributed by atoms with Crippen LogP contribution in [0.5, 0.6) is 0 Å². The van der Waals surface area contributed by atoms with Gasteiger partial charge in [0.1, 0.15) is 11.3 Å². The van der Waals surface area contributed by atoms with Gasteiger partial charge < -0.3 is 21.1 Å². The van der Waals surface area contributed by atoms with Crippen LogP contribution in [0.1, 0.15) is 12.8 Å². The fourth-order valence-corrected chi connectivity index (χ4v) is 4.98. The maximum absolute atomic E-state index is 12.8. The van der Waals surface area contributed by atoms with Gasteiger partial charge in [0, 0.05) is 36.2 Å². The van der Waals surface area contributed by atoms with E-state index in [-0.39, 0.29) is 6.03 Å². The van der Waals surface area contributed by atoms with Crippen LogP contribution in [0.4, 0.5) is 16.3 Å². The third-order valence-electron chi connectivity index (χ3n) is 7.16. The maximum Gasteiger partial charge on any atom is 0.321 e.